The van der Waals surface area contributed by atoms with Crippen LogP contribution in [-0.4, -0.2) is 74.3 Å². The number of hydrogen-bond donors (Lipinski definition) is 2. The molecule has 0 fully saturated rings. The van der Waals surface area contributed by atoms with Crippen LogP contribution in [0.2, 0.25) is 0 Å². The molecule has 2 N–H and O–H groups in total. The summed E-state index contributed by atoms with van der Waals surface area (Å²) >= 11 is 0. The summed E-state index contributed by atoms with van der Waals surface area (Å²) in [6.07, 6.45) is 52.7. The number of nitrogens with zero attached hydrogens (tertiary/aromatic N) is 1. The number of carbonyl (C=O) groups excluding carboxylic acids is 2. The Morgan fingerprint density at radius 1 is 0.538 bits per heavy atom. The van der Waals surface area contributed by atoms with E-state index in [1.54, 1.807) is 0 Å². The van der Waals surface area contributed by atoms with Gasteiger partial charge in [0.1, 0.15) is 19.3 Å². The van der Waals surface area contributed by atoms with Gasteiger partial charge in [0.25, 0.3) is 0 Å². The van der Waals surface area contributed by atoms with Gasteiger partial charge >= 0.3 is 13.8 Å². The maximum atomic E-state index is 13.4. The molecular weight excluding hydrogens is 832 g/mol. The molecule has 65 heavy (non-hydrogen) atoms. The van der Waals surface area contributed by atoms with E-state index in [4.69, 9.17) is 13.8 Å². The average Bonchev–Trinajstić information content (AvgIpc) is 3.26. The van der Waals surface area contributed by atoms with E-state index in [2.05, 4.69) is 50.4 Å². The second kappa shape index (κ2) is 46.0. The Bertz CT molecular complexity index is 1220. The van der Waals surface area contributed by atoms with Crippen LogP contribution in [0.1, 0.15) is 252 Å². The van der Waals surface area contributed by atoms with Gasteiger partial charge in [0, 0.05) is 12.8 Å². The fourth-order valence-corrected chi connectivity index (χ4v) is 8.55. The molecule has 0 aromatic heterocycles. The monoisotopic (exact) mass is 938 g/mol. The van der Waals surface area contributed by atoms with Gasteiger partial charge in [0.2, 0.25) is 5.91 Å². The van der Waals surface area contributed by atoms with Crippen molar-refractivity contribution in [1.82, 2.24) is 5.32 Å². The number of unbranched alkanes of at least 4 members (excludes halogenated alkanes) is 30. The summed E-state index contributed by atoms with van der Waals surface area (Å²) < 4.78 is 30.5. The van der Waals surface area contributed by atoms with E-state index in [9.17, 15) is 19.0 Å². The number of phosphoric acid groups is 1. The minimum atomic E-state index is -4.44. The summed E-state index contributed by atoms with van der Waals surface area (Å²) in [6.45, 7) is 6.97. The van der Waals surface area contributed by atoms with E-state index in [1.165, 1.54) is 141 Å². The largest absolute Gasteiger partial charge is 0.472 e. The number of quaternary nitrogens is 1. The van der Waals surface area contributed by atoms with Crippen molar-refractivity contribution in [3.63, 3.8) is 0 Å². The second-order valence-electron chi connectivity index (χ2n) is 19.8. The molecule has 0 bridgehead atoms. The summed E-state index contributed by atoms with van der Waals surface area (Å²) in [6, 6.07) is -0.848. The Labute approximate surface area is 402 Å². The standard InChI is InChI=1S/C55H105N2O7P/c1-7-10-13-16-19-22-25-27-28-30-33-35-38-41-44-47-54(58)56-52(51-63-65(60,61)62-50-49-57(4,5)6)53(46-43-40-37-34-32-29-26-23-20-17-14-11-8-2)64-55(59)48-45-42-39-36-31-24-21-18-15-12-9-3/h19,22,25,27,43,46,52-53H,7-18,20-21,23-24,26,28-42,44-45,47-51H2,1-6H3,(H-,56,58,60,61)/p+1/b22-19+,27-25+,46-43+. The molecule has 3 atom stereocenters. The highest BCUT2D eigenvalue weighted by molar-refractivity contribution is 7.47. The van der Waals surface area contributed by atoms with Gasteiger partial charge in [-0.2, -0.15) is 0 Å². The van der Waals surface area contributed by atoms with E-state index in [-0.39, 0.29) is 25.1 Å². The molecule has 0 saturated carbocycles. The zero-order valence-electron chi connectivity index (χ0n) is 43.5. The Hall–Kier alpha value is -1.77. The fourth-order valence-electron chi connectivity index (χ4n) is 7.81. The minimum absolute atomic E-state index is 0.0395. The van der Waals surface area contributed by atoms with Crippen molar-refractivity contribution in [2.45, 2.75) is 264 Å². The molecule has 10 heteroatoms. The van der Waals surface area contributed by atoms with E-state index in [0.717, 1.165) is 77.0 Å². The number of rotatable bonds is 49. The normalized spacial score (nSPS) is 14.1. The fraction of sp³-hybridized carbons (Fsp3) is 0.855. The van der Waals surface area contributed by atoms with Crippen LogP contribution in [0.3, 0.4) is 0 Å². The molecule has 0 spiro atoms. The highest BCUT2D eigenvalue weighted by Gasteiger charge is 2.30. The van der Waals surface area contributed by atoms with Crippen LogP contribution in [0.25, 0.3) is 0 Å². The van der Waals surface area contributed by atoms with Crippen molar-refractivity contribution >= 4 is 19.7 Å². The number of phosphoric ester groups is 1. The second-order valence-corrected chi connectivity index (χ2v) is 21.2. The molecule has 0 aliphatic rings. The van der Waals surface area contributed by atoms with E-state index >= 15 is 0 Å². The smallest absolute Gasteiger partial charge is 0.456 e. The van der Waals surface area contributed by atoms with Gasteiger partial charge < -0.3 is 19.4 Å². The first kappa shape index (κ1) is 63.2. The number of amides is 1. The van der Waals surface area contributed by atoms with Crippen molar-refractivity contribution in [3.05, 3.63) is 36.5 Å². The van der Waals surface area contributed by atoms with Crippen molar-refractivity contribution in [3.8, 4) is 0 Å². The SMILES string of the molecule is CCCCC/C=C/C=C/CCCCCCCCC(=O)NC(COP(=O)(O)OCC[N+](C)(C)C)C(/C=C/CCCCCCCCCCCCC)OC(=O)CCCCCCCCCCCCC. The molecule has 0 aromatic carbocycles. The minimum Gasteiger partial charge on any atom is -0.456 e. The average molecular weight is 938 g/mol. The Kier molecular flexibility index (Phi) is 44.7. The maximum Gasteiger partial charge on any atom is 0.472 e. The number of ether oxygens (including phenoxy) is 1. The van der Waals surface area contributed by atoms with Crippen LogP contribution in [-0.2, 0) is 27.9 Å². The summed E-state index contributed by atoms with van der Waals surface area (Å²) in [4.78, 5) is 37.4. The van der Waals surface area contributed by atoms with Crippen molar-refractivity contribution in [2.75, 3.05) is 40.9 Å². The van der Waals surface area contributed by atoms with Gasteiger partial charge in [-0.25, -0.2) is 4.57 Å². The Morgan fingerprint density at radius 3 is 1.38 bits per heavy atom. The van der Waals surface area contributed by atoms with Crippen LogP contribution >= 0.6 is 7.82 Å². The molecular formula is C55H106N2O7P+. The summed E-state index contributed by atoms with van der Waals surface area (Å²) in [7, 11) is 1.49. The Balaban J connectivity index is 5.41. The molecule has 1 amide bonds. The van der Waals surface area contributed by atoms with Gasteiger partial charge in [-0.3, -0.25) is 18.6 Å². The number of carbonyl (C=O) groups is 2. The lowest BCUT2D eigenvalue weighted by Gasteiger charge is -2.27. The number of esters is 1. The zero-order valence-corrected chi connectivity index (χ0v) is 44.4. The molecule has 0 radical (unpaired) electrons. The lowest BCUT2D eigenvalue weighted by molar-refractivity contribution is -0.870. The van der Waals surface area contributed by atoms with Crippen LogP contribution in [0, 0.1) is 0 Å². The predicted octanol–water partition coefficient (Wildman–Crippen LogP) is 16.0. The van der Waals surface area contributed by atoms with Crippen LogP contribution < -0.4 is 5.32 Å². The van der Waals surface area contributed by atoms with E-state index in [0.29, 0.717) is 23.9 Å². The number of likely N-dealkylation sites (N-methyl/N-ethyl adjacent to an activating group) is 1. The first-order chi connectivity index (χ1) is 31.4. The van der Waals surface area contributed by atoms with Gasteiger partial charge in [-0.1, -0.05) is 218 Å². The zero-order chi connectivity index (χ0) is 48.0. The molecule has 0 aliphatic heterocycles. The topological polar surface area (TPSA) is 111 Å². The van der Waals surface area contributed by atoms with E-state index < -0.39 is 20.0 Å². The van der Waals surface area contributed by atoms with Crippen LogP contribution in [0.15, 0.2) is 36.5 Å². The summed E-state index contributed by atoms with van der Waals surface area (Å²) in [5.41, 5.74) is 0. The molecule has 0 heterocycles. The van der Waals surface area contributed by atoms with Crippen molar-refractivity contribution in [2.24, 2.45) is 0 Å². The van der Waals surface area contributed by atoms with Crippen LogP contribution in [0.4, 0.5) is 0 Å². The quantitative estimate of drug-likeness (QED) is 0.0156. The highest BCUT2D eigenvalue weighted by Crippen LogP contribution is 2.43. The number of hydrogen-bond acceptors (Lipinski definition) is 6. The molecule has 0 aliphatic carbocycles. The molecule has 9 nitrogen and oxygen atoms in total. The predicted molar refractivity (Wildman–Crippen MR) is 277 cm³/mol. The summed E-state index contributed by atoms with van der Waals surface area (Å²) in [5.74, 6) is -0.513. The maximum absolute atomic E-state index is 13.4. The third-order valence-corrected chi connectivity index (χ3v) is 13.1. The third kappa shape index (κ3) is 47.1. The number of allylic oxidation sites excluding steroid dienone is 5. The molecule has 3 unspecified atom stereocenters. The molecule has 0 saturated heterocycles. The van der Waals surface area contributed by atoms with Gasteiger partial charge in [0.05, 0.1) is 33.8 Å². The Morgan fingerprint density at radius 2 is 0.923 bits per heavy atom. The van der Waals surface area contributed by atoms with Crippen molar-refractivity contribution < 1.29 is 37.3 Å². The van der Waals surface area contributed by atoms with Gasteiger partial charge in [0.15, 0.2) is 0 Å². The highest BCUT2D eigenvalue weighted by atomic mass is 31.2. The first-order valence-electron chi connectivity index (χ1n) is 27.3. The summed E-state index contributed by atoms with van der Waals surface area (Å²) in [5, 5.41) is 3.04. The number of nitrogens with one attached hydrogen (secondary N) is 1. The molecule has 382 valence electrons. The van der Waals surface area contributed by atoms with Gasteiger partial charge in [-0.05, 0) is 57.4 Å². The third-order valence-electron chi connectivity index (χ3n) is 12.1. The van der Waals surface area contributed by atoms with Gasteiger partial charge in [-0.15, -0.1) is 0 Å². The molecule has 0 aromatic rings. The lowest BCUT2D eigenvalue weighted by atomic mass is 10.0. The van der Waals surface area contributed by atoms with E-state index in [1.807, 2.05) is 33.3 Å². The van der Waals surface area contributed by atoms with Crippen molar-refractivity contribution in [1.29, 1.82) is 0 Å². The lowest BCUT2D eigenvalue weighted by Crippen LogP contribution is -2.47. The first-order valence-corrected chi connectivity index (χ1v) is 28.8. The molecule has 0 rings (SSSR count). The van der Waals surface area contributed by atoms with Crippen LogP contribution in [0.5, 0.6) is 0 Å².